The minimum Gasteiger partial charge on any atom is -0.480 e. The molecule has 0 aliphatic carbocycles. The standard InChI is InChI=1S/C11H17N3O2/c1-13-5-4-9(7-13)14-8(6-12)2-3-10(14)11(15)16/h4-5,7-8,10H,2-3,6,12H2,1H3,(H,15,16)/t8-,10+/m0/s1. The van der Waals surface area contributed by atoms with E-state index in [-0.39, 0.29) is 6.04 Å². The predicted octanol–water partition coefficient (Wildman–Crippen LogP) is 0.406. The number of carbonyl (C=O) groups is 1. The number of carboxylic acids is 1. The molecule has 0 spiro atoms. The summed E-state index contributed by atoms with van der Waals surface area (Å²) in [6.45, 7) is 0.499. The van der Waals surface area contributed by atoms with Crippen molar-refractivity contribution in [1.29, 1.82) is 0 Å². The molecule has 0 saturated carbocycles. The maximum atomic E-state index is 11.2. The largest absolute Gasteiger partial charge is 0.480 e. The van der Waals surface area contributed by atoms with Gasteiger partial charge in [0.15, 0.2) is 0 Å². The summed E-state index contributed by atoms with van der Waals surface area (Å²) in [5.74, 6) is -0.764. The molecule has 2 atom stereocenters. The normalized spacial score (nSPS) is 25.0. The van der Waals surface area contributed by atoms with Gasteiger partial charge in [-0.25, -0.2) is 4.79 Å². The lowest BCUT2D eigenvalue weighted by molar-refractivity contribution is -0.138. The van der Waals surface area contributed by atoms with E-state index in [9.17, 15) is 9.90 Å². The van der Waals surface area contributed by atoms with Crippen molar-refractivity contribution < 1.29 is 9.90 Å². The maximum absolute atomic E-state index is 11.2. The van der Waals surface area contributed by atoms with Crippen LogP contribution in [0.5, 0.6) is 0 Å². The van der Waals surface area contributed by atoms with Crippen LogP contribution < -0.4 is 10.6 Å². The van der Waals surface area contributed by atoms with E-state index < -0.39 is 12.0 Å². The van der Waals surface area contributed by atoms with Crippen LogP contribution in [0.3, 0.4) is 0 Å². The summed E-state index contributed by atoms with van der Waals surface area (Å²) in [5.41, 5.74) is 6.64. The fourth-order valence-corrected chi connectivity index (χ4v) is 2.39. The smallest absolute Gasteiger partial charge is 0.326 e. The molecular weight excluding hydrogens is 206 g/mol. The number of nitrogens with zero attached hydrogens (tertiary/aromatic N) is 2. The van der Waals surface area contributed by atoms with Crippen molar-refractivity contribution in [2.75, 3.05) is 11.4 Å². The monoisotopic (exact) mass is 223 g/mol. The van der Waals surface area contributed by atoms with Crippen LogP contribution in [0, 0.1) is 0 Å². The minimum atomic E-state index is -0.764. The zero-order valence-corrected chi connectivity index (χ0v) is 9.34. The fourth-order valence-electron chi connectivity index (χ4n) is 2.39. The quantitative estimate of drug-likeness (QED) is 0.778. The first kappa shape index (κ1) is 11.0. The van der Waals surface area contributed by atoms with Gasteiger partial charge in [-0.3, -0.25) is 0 Å². The van der Waals surface area contributed by atoms with Gasteiger partial charge in [-0.2, -0.15) is 0 Å². The zero-order chi connectivity index (χ0) is 11.7. The van der Waals surface area contributed by atoms with Gasteiger partial charge in [-0.05, 0) is 18.9 Å². The van der Waals surface area contributed by atoms with Gasteiger partial charge in [-0.15, -0.1) is 0 Å². The average molecular weight is 223 g/mol. The summed E-state index contributed by atoms with van der Waals surface area (Å²) < 4.78 is 1.92. The molecule has 5 nitrogen and oxygen atoms in total. The highest BCUT2D eigenvalue weighted by Gasteiger charge is 2.37. The van der Waals surface area contributed by atoms with Gasteiger partial charge < -0.3 is 20.3 Å². The van der Waals surface area contributed by atoms with Gasteiger partial charge in [0, 0.05) is 32.0 Å². The van der Waals surface area contributed by atoms with Crippen LogP contribution in [0.15, 0.2) is 18.5 Å². The van der Waals surface area contributed by atoms with Crippen LogP contribution in [-0.4, -0.2) is 34.3 Å². The van der Waals surface area contributed by atoms with Crippen molar-refractivity contribution in [3.8, 4) is 0 Å². The van der Waals surface area contributed by atoms with Crippen LogP contribution >= 0.6 is 0 Å². The summed E-state index contributed by atoms with van der Waals surface area (Å²) >= 11 is 0. The Balaban J connectivity index is 2.29. The Morgan fingerprint density at radius 1 is 1.62 bits per heavy atom. The van der Waals surface area contributed by atoms with E-state index >= 15 is 0 Å². The first-order valence-electron chi connectivity index (χ1n) is 5.46. The van der Waals surface area contributed by atoms with Gasteiger partial charge in [0.25, 0.3) is 0 Å². The molecule has 1 fully saturated rings. The van der Waals surface area contributed by atoms with E-state index in [0.717, 1.165) is 12.1 Å². The number of nitrogens with two attached hydrogens (primary N) is 1. The summed E-state index contributed by atoms with van der Waals surface area (Å²) in [6.07, 6.45) is 5.37. The Labute approximate surface area is 94.5 Å². The first-order chi connectivity index (χ1) is 7.63. The first-order valence-corrected chi connectivity index (χ1v) is 5.46. The van der Waals surface area contributed by atoms with Crippen molar-refractivity contribution in [2.24, 2.45) is 12.8 Å². The topological polar surface area (TPSA) is 71.5 Å². The van der Waals surface area contributed by atoms with Crippen molar-refractivity contribution in [3.63, 3.8) is 0 Å². The Hall–Kier alpha value is -1.49. The molecule has 1 aromatic heterocycles. The molecule has 0 unspecified atom stereocenters. The second kappa shape index (κ2) is 4.17. The van der Waals surface area contributed by atoms with Crippen LogP contribution in [0.4, 0.5) is 5.69 Å². The number of hydrogen-bond donors (Lipinski definition) is 2. The molecule has 0 aromatic carbocycles. The highest BCUT2D eigenvalue weighted by atomic mass is 16.4. The SMILES string of the molecule is Cn1ccc(N2[C@H](CN)CC[C@@H]2C(=O)O)c1. The van der Waals surface area contributed by atoms with E-state index in [1.165, 1.54) is 0 Å². The van der Waals surface area contributed by atoms with Crippen LogP contribution in [0.2, 0.25) is 0 Å². The Morgan fingerprint density at radius 3 is 2.88 bits per heavy atom. The number of rotatable bonds is 3. The summed E-state index contributed by atoms with van der Waals surface area (Å²) in [7, 11) is 1.92. The number of aryl methyl sites for hydroxylation is 1. The van der Waals surface area contributed by atoms with Gasteiger partial charge >= 0.3 is 5.97 Å². The Kier molecular flexibility index (Phi) is 2.87. The van der Waals surface area contributed by atoms with Gasteiger partial charge in [0.1, 0.15) is 6.04 Å². The number of hydrogen-bond acceptors (Lipinski definition) is 3. The van der Waals surface area contributed by atoms with E-state index in [1.807, 2.05) is 35.0 Å². The Bertz CT molecular complexity index is 388. The predicted molar refractivity (Wildman–Crippen MR) is 61.4 cm³/mol. The van der Waals surface area contributed by atoms with Gasteiger partial charge in [-0.1, -0.05) is 0 Å². The molecule has 1 aromatic rings. The zero-order valence-electron chi connectivity index (χ0n) is 9.34. The molecule has 1 aliphatic heterocycles. The highest BCUT2D eigenvalue weighted by Crippen LogP contribution is 2.30. The molecule has 1 aliphatic rings. The van der Waals surface area contributed by atoms with E-state index in [0.29, 0.717) is 13.0 Å². The molecule has 88 valence electrons. The third-order valence-electron chi connectivity index (χ3n) is 3.17. The van der Waals surface area contributed by atoms with E-state index in [2.05, 4.69) is 0 Å². The molecule has 0 amide bonds. The van der Waals surface area contributed by atoms with Crippen molar-refractivity contribution in [2.45, 2.75) is 24.9 Å². The summed E-state index contributed by atoms with van der Waals surface area (Å²) in [5, 5.41) is 9.18. The molecule has 1 saturated heterocycles. The molecule has 2 rings (SSSR count). The molecular formula is C11H17N3O2. The van der Waals surface area contributed by atoms with Crippen LogP contribution in [-0.2, 0) is 11.8 Å². The second-order valence-electron chi connectivity index (χ2n) is 4.26. The maximum Gasteiger partial charge on any atom is 0.326 e. The number of carboxylic acid groups (broad SMARTS) is 1. The van der Waals surface area contributed by atoms with E-state index in [4.69, 9.17) is 5.73 Å². The van der Waals surface area contributed by atoms with Crippen molar-refractivity contribution >= 4 is 11.7 Å². The fraction of sp³-hybridized carbons (Fsp3) is 0.545. The molecule has 3 N–H and O–H groups in total. The molecule has 16 heavy (non-hydrogen) atoms. The summed E-state index contributed by atoms with van der Waals surface area (Å²) in [4.78, 5) is 13.1. The van der Waals surface area contributed by atoms with Crippen LogP contribution in [0.25, 0.3) is 0 Å². The molecule has 0 radical (unpaired) electrons. The third-order valence-corrected chi connectivity index (χ3v) is 3.17. The molecule has 2 heterocycles. The second-order valence-corrected chi connectivity index (χ2v) is 4.26. The minimum absolute atomic E-state index is 0.142. The number of aliphatic carboxylic acids is 1. The lowest BCUT2D eigenvalue weighted by Crippen LogP contribution is -2.43. The van der Waals surface area contributed by atoms with Crippen LogP contribution in [0.1, 0.15) is 12.8 Å². The van der Waals surface area contributed by atoms with E-state index in [1.54, 1.807) is 0 Å². The van der Waals surface area contributed by atoms with Gasteiger partial charge in [0.05, 0.1) is 5.69 Å². The molecule has 0 bridgehead atoms. The average Bonchev–Trinajstić information content (AvgIpc) is 2.82. The number of aromatic nitrogens is 1. The van der Waals surface area contributed by atoms with Crippen molar-refractivity contribution in [3.05, 3.63) is 18.5 Å². The lowest BCUT2D eigenvalue weighted by atomic mass is 10.2. The number of anilines is 1. The molecule has 5 heteroatoms. The lowest BCUT2D eigenvalue weighted by Gasteiger charge is -2.28. The van der Waals surface area contributed by atoms with Crippen molar-refractivity contribution in [1.82, 2.24) is 4.57 Å². The highest BCUT2D eigenvalue weighted by molar-refractivity contribution is 5.79. The Morgan fingerprint density at radius 2 is 2.38 bits per heavy atom. The third kappa shape index (κ3) is 1.78. The van der Waals surface area contributed by atoms with Gasteiger partial charge in [0.2, 0.25) is 0 Å². The summed E-state index contributed by atoms with van der Waals surface area (Å²) in [6, 6.07) is 1.64.